The number of halogens is 2. The molecule has 0 atom stereocenters. The average Bonchev–Trinajstić information content (AvgIpc) is 2.32. The van der Waals surface area contributed by atoms with E-state index in [-0.39, 0.29) is 11.6 Å². The third kappa shape index (κ3) is 3.24. The van der Waals surface area contributed by atoms with Crippen LogP contribution < -0.4 is 10.1 Å². The lowest BCUT2D eigenvalue weighted by Gasteiger charge is -2.05. The molecule has 0 radical (unpaired) electrons. The van der Waals surface area contributed by atoms with Crippen LogP contribution in [0.2, 0.25) is 0 Å². The number of hydrogen-bond donors (Lipinski definition) is 1. The molecular formula is C12H8F2N2O2. The van der Waals surface area contributed by atoms with Crippen molar-refractivity contribution in [3.05, 3.63) is 54.2 Å². The van der Waals surface area contributed by atoms with Crippen LogP contribution in [0.3, 0.4) is 0 Å². The van der Waals surface area contributed by atoms with E-state index in [2.05, 4.69) is 10.3 Å². The Bertz CT molecular complexity index is 558. The second-order valence-electron chi connectivity index (χ2n) is 3.33. The summed E-state index contributed by atoms with van der Waals surface area (Å²) < 4.78 is 30.3. The minimum atomic E-state index is -0.834. The molecule has 1 aromatic carbocycles. The van der Waals surface area contributed by atoms with E-state index in [1.54, 1.807) is 0 Å². The van der Waals surface area contributed by atoms with Gasteiger partial charge in [-0.05, 0) is 30.3 Å². The number of nitrogens with one attached hydrogen (secondary N) is 1. The Balaban J connectivity index is 1.98. The molecule has 1 heterocycles. The Hall–Kier alpha value is -2.50. The summed E-state index contributed by atoms with van der Waals surface area (Å²) in [5.41, 5.74) is 0. The predicted molar refractivity (Wildman–Crippen MR) is 60.2 cm³/mol. The molecule has 2 aromatic rings. The number of carbonyl (C=O) groups excluding carboxylic acids is 1. The summed E-state index contributed by atoms with van der Waals surface area (Å²) in [4.78, 5) is 15.1. The Morgan fingerprint density at radius 2 is 1.83 bits per heavy atom. The first kappa shape index (κ1) is 12.0. The molecule has 18 heavy (non-hydrogen) atoms. The minimum absolute atomic E-state index is 0.0297. The molecule has 1 N–H and O–H groups in total. The summed E-state index contributed by atoms with van der Waals surface area (Å²) in [6, 6.07) is 7.11. The highest BCUT2D eigenvalue weighted by Gasteiger charge is 2.06. The van der Waals surface area contributed by atoms with Gasteiger partial charge in [-0.3, -0.25) is 5.32 Å². The van der Waals surface area contributed by atoms with E-state index in [1.165, 1.54) is 18.3 Å². The molecule has 0 saturated carbocycles. The second-order valence-corrected chi connectivity index (χ2v) is 3.33. The predicted octanol–water partition coefficient (Wildman–Crippen LogP) is 2.97. The van der Waals surface area contributed by atoms with Crippen LogP contribution in [-0.2, 0) is 0 Å². The van der Waals surface area contributed by atoms with Crippen LogP contribution in [0.1, 0.15) is 0 Å². The Kier molecular flexibility index (Phi) is 3.47. The van der Waals surface area contributed by atoms with Crippen molar-refractivity contribution < 1.29 is 18.3 Å². The monoisotopic (exact) mass is 250 g/mol. The SMILES string of the molecule is O=C(Nc1cc(F)ccn1)Oc1ccc(F)cc1. The molecule has 0 bridgehead atoms. The molecular weight excluding hydrogens is 242 g/mol. The third-order valence-corrected chi connectivity index (χ3v) is 1.98. The molecule has 6 heteroatoms. The number of carbonyl (C=O) groups is 1. The molecule has 0 spiro atoms. The lowest BCUT2D eigenvalue weighted by atomic mass is 10.3. The summed E-state index contributed by atoms with van der Waals surface area (Å²) in [7, 11) is 0. The van der Waals surface area contributed by atoms with Gasteiger partial charge in [0.05, 0.1) is 0 Å². The van der Waals surface area contributed by atoms with Crippen molar-refractivity contribution in [2.45, 2.75) is 0 Å². The van der Waals surface area contributed by atoms with E-state index < -0.39 is 17.7 Å². The molecule has 0 saturated heterocycles. The molecule has 0 aliphatic carbocycles. The van der Waals surface area contributed by atoms with Crippen LogP contribution in [0.15, 0.2) is 42.6 Å². The smallest absolute Gasteiger partial charge is 0.410 e. The van der Waals surface area contributed by atoms with Crippen molar-refractivity contribution in [3.8, 4) is 5.75 Å². The average molecular weight is 250 g/mol. The van der Waals surface area contributed by atoms with E-state index in [0.717, 1.165) is 24.3 Å². The summed E-state index contributed by atoms with van der Waals surface area (Å²) in [6.07, 6.45) is 0.378. The molecule has 0 aliphatic rings. The summed E-state index contributed by atoms with van der Waals surface area (Å²) >= 11 is 0. The minimum Gasteiger partial charge on any atom is -0.410 e. The molecule has 1 amide bonds. The van der Waals surface area contributed by atoms with Gasteiger partial charge in [0.1, 0.15) is 23.2 Å². The summed E-state index contributed by atoms with van der Waals surface area (Å²) in [6.45, 7) is 0. The molecule has 4 nitrogen and oxygen atoms in total. The third-order valence-electron chi connectivity index (χ3n) is 1.98. The molecule has 0 aliphatic heterocycles. The van der Waals surface area contributed by atoms with Crippen LogP contribution in [0.25, 0.3) is 0 Å². The highest BCUT2D eigenvalue weighted by molar-refractivity contribution is 5.85. The van der Waals surface area contributed by atoms with Gasteiger partial charge in [0.15, 0.2) is 0 Å². The van der Waals surface area contributed by atoms with Crippen LogP contribution in [0.4, 0.5) is 19.4 Å². The standard InChI is InChI=1S/C12H8F2N2O2/c13-8-1-3-10(4-2-8)18-12(17)16-11-7-9(14)5-6-15-11/h1-7H,(H,15,16,17). The normalized spacial score (nSPS) is 9.89. The number of anilines is 1. The van der Waals surface area contributed by atoms with E-state index in [0.29, 0.717) is 0 Å². The Morgan fingerprint density at radius 1 is 1.11 bits per heavy atom. The lowest BCUT2D eigenvalue weighted by Crippen LogP contribution is -2.17. The Labute approximate surface area is 101 Å². The molecule has 2 rings (SSSR count). The maximum Gasteiger partial charge on any atom is 0.418 e. The number of pyridine rings is 1. The van der Waals surface area contributed by atoms with Gasteiger partial charge in [-0.1, -0.05) is 0 Å². The van der Waals surface area contributed by atoms with Gasteiger partial charge in [-0.25, -0.2) is 18.6 Å². The van der Waals surface area contributed by atoms with Crippen molar-refractivity contribution in [3.63, 3.8) is 0 Å². The first-order valence-corrected chi connectivity index (χ1v) is 4.99. The van der Waals surface area contributed by atoms with Gasteiger partial charge in [0, 0.05) is 12.3 Å². The second kappa shape index (κ2) is 5.22. The zero-order chi connectivity index (χ0) is 13.0. The fourth-order valence-electron chi connectivity index (χ4n) is 1.21. The highest BCUT2D eigenvalue weighted by atomic mass is 19.1. The molecule has 92 valence electrons. The van der Waals surface area contributed by atoms with Crippen molar-refractivity contribution in [2.75, 3.05) is 5.32 Å². The van der Waals surface area contributed by atoms with Gasteiger partial charge in [-0.2, -0.15) is 0 Å². The summed E-state index contributed by atoms with van der Waals surface area (Å²) in [5.74, 6) is -0.760. The van der Waals surface area contributed by atoms with Gasteiger partial charge in [-0.15, -0.1) is 0 Å². The fraction of sp³-hybridized carbons (Fsp3) is 0. The quantitative estimate of drug-likeness (QED) is 0.891. The number of amides is 1. The van der Waals surface area contributed by atoms with Gasteiger partial charge in [0.25, 0.3) is 0 Å². The maximum absolute atomic E-state index is 12.8. The van der Waals surface area contributed by atoms with Crippen molar-refractivity contribution >= 4 is 11.9 Å². The lowest BCUT2D eigenvalue weighted by molar-refractivity contribution is 0.215. The van der Waals surface area contributed by atoms with Gasteiger partial charge < -0.3 is 4.74 Å². The topological polar surface area (TPSA) is 51.2 Å². The number of nitrogens with zero attached hydrogens (tertiary/aromatic N) is 1. The van der Waals surface area contributed by atoms with Crippen molar-refractivity contribution in [2.24, 2.45) is 0 Å². The number of aromatic nitrogens is 1. The highest BCUT2D eigenvalue weighted by Crippen LogP contribution is 2.12. The van der Waals surface area contributed by atoms with E-state index >= 15 is 0 Å². The number of ether oxygens (including phenoxy) is 1. The summed E-state index contributed by atoms with van der Waals surface area (Å²) in [5, 5.41) is 2.24. The molecule has 0 fully saturated rings. The largest absolute Gasteiger partial charge is 0.418 e. The zero-order valence-electron chi connectivity index (χ0n) is 9.06. The van der Waals surface area contributed by atoms with E-state index in [1.807, 2.05) is 0 Å². The number of benzene rings is 1. The first-order chi connectivity index (χ1) is 8.63. The Morgan fingerprint density at radius 3 is 2.50 bits per heavy atom. The van der Waals surface area contributed by atoms with E-state index in [4.69, 9.17) is 4.74 Å². The number of rotatable bonds is 2. The fourth-order valence-corrected chi connectivity index (χ4v) is 1.21. The van der Waals surface area contributed by atoms with Crippen molar-refractivity contribution in [1.29, 1.82) is 0 Å². The molecule has 0 unspecified atom stereocenters. The van der Waals surface area contributed by atoms with Crippen LogP contribution in [0, 0.1) is 11.6 Å². The van der Waals surface area contributed by atoms with E-state index in [9.17, 15) is 13.6 Å². The zero-order valence-corrected chi connectivity index (χ0v) is 9.06. The molecule has 1 aromatic heterocycles. The maximum atomic E-state index is 12.8. The van der Waals surface area contributed by atoms with Crippen LogP contribution >= 0.6 is 0 Å². The van der Waals surface area contributed by atoms with Crippen LogP contribution in [-0.4, -0.2) is 11.1 Å². The van der Waals surface area contributed by atoms with Gasteiger partial charge in [0.2, 0.25) is 0 Å². The van der Waals surface area contributed by atoms with Crippen LogP contribution in [0.5, 0.6) is 5.75 Å². The van der Waals surface area contributed by atoms with Crippen molar-refractivity contribution in [1.82, 2.24) is 4.98 Å². The van der Waals surface area contributed by atoms with Gasteiger partial charge >= 0.3 is 6.09 Å². The first-order valence-electron chi connectivity index (χ1n) is 4.99. The number of hydrogen-bond acceptors (Lipinski definition) is 3.